The van der Waals surface area contributed by atoms with E-state index in [4.69, 9.17) is 0 Å². The van der Waals surface area contributed by atoms with Crippen LogP contribution in [0.4, 0.5) is 17.1 Å². The van der Waals surface area contributed by atoms with Crippen LogP contribution in [0.25, 0.3) is 33.4 Å². The Morgan fingerprint density at radius 1 is 0.459 bits per heavy atom. The summed E-state index contributed by atoms with van der Waals surface area (Å²) in [7, 11) is 0. The summed E-state index contributed by atoms with van der Waals surface area (Å²) in [6.07, 6.45) is 8.56. The second-order valence-corrected chi connectivity index (χ2v) is 21.5. The molecule has 7 aromatic rings. The highest BCUT2D eigenvalue weighted by Gasteiger charge is 2.54. The summed E-state index contributed by atoms with van der Waals surface area (Å²) in [5.74, 6) is 2.77. The predicted octanol–water partition coefficient (Wildman–Crippen LogP) is 15.6. The largest absolute Gasteiger partial charge is 0.310 e. The molecule has 1 nitrogen and oxygen atoms in total. The number of hydrogen-bond donors (Lipinski definition) is 0. The maximum absolute atomic E-state index is 2.62. The first-order chi connectivity index (χ1) is 29.5. The average Bonchev–Trinajstić information content (AvgIpc) is 3.82. The molecule has 0 N–H and O–H groups in total. The lowest BCUT2D eigenvalue weighted by atomic mass is 9.48. The zero-order valence-electron chi connectivity index (χ0n) is 36.4. The number of fused-ring (bicyclic) bond motifs is 13. The van der Waals surface area contributed by atoms with Crippen LogP contribution in [0.3, 0.4) is 0 Å². The predicted molar refractivity (Wildman–Crippen MR) is 254 cm³/mol. The van der Waals surface area contributed by atoms with Gasteiger partial charge in [0.05, 0.1) is 11.1 Å². The molecule has 4 saturated carbocycles. The van der Waals surface area contributed by atoms with Crippen molar-refractivity contribution in [2.24, 2.45) is 17.8 Å². The van der Waals surface area contributed by atoms with E-state index >= 15 is 0 Å². The van der Waals surface area contributed by atoms with Crippen LogP contribution in [0.15, 0.2) is 152 Å². The van der Waals surface area contributed by atoms with E-state index in [1.54, 1.807) is 5.56 Å². The van der Waals surface area contributed by atoms with Crippen LogP contribution < -0.4 is 4.90 Å². The Morgan fingerprint density at radius 2 is 0.984 bits per heavy atom. The van der Waals surface area contributed by atoms with Gasteiger partial charge in [0.25, 0.3) is 0 Å². The summed E-state index contributed by atoms with van der Waals surface area (Å²) in [5, 5.41) is 0. The van der Waals surface area contributed by atoms with Crippen LogP contribution >= 0.6 is 0 Å². The van der Waals surface area contributed by atoms with Crippen LogP contribution in [0.2, 0.25) is 0 Å². The minimum absolute atomic E-state index is 0.0218. The van der Waals surface area contributed by atoms with Crippen molar-refractivity contribution in [2.45, 2.75) is 94.8 Å². The normalized spacial score (nSPS) is 25.2. The lowest BCUT2D eigenvalue weighted by Crippen LogP contribution is -2.48. The third-order valence-corrected chi connectivity index (χ3v) is 16.8. The Hall–Kier alpha value is -5.66. The third kappa shape index (κ3) is 4.79. The Morgan fingerprint density at radius 3 is 1.66 bits per heavy atom. The minimum Gasteiger partial charge on any atom is -0.310 e. The van der Waals surface area contributed by atoms with Gasteiger partial charge >= 0.3 is 0 Å². The van der Waals surface area contributed by atoms with E-state index in [1.807, 2.05) is 0 Å². The summed E-state index contributed by atoms with van der Waals surface area (Å²) in [4.78, 5) is 2.62. The van der Waals surface area contributed by atoms with E-state index < -0.39 is 5.41 Å². The monoisotopic (exact) mass is 789 g/mol. The van der Waals surface area contributed by atoms with Crippen LogP contribution in [-0.4, -0.2) is 0 Å². The molecule has 0 amide bonds. The molecule has 1 atom stereocenters. The van der Waals surface area contributed by atoms with E-state index in [1.165, 1.54) is 128 Å². The van der Waals surface area contributed by atoms with Gasteiger partial charge < -0.3 is 4.90 Å². The average molecular weight is 790 g/mol. The van der Waals surface area contributed by atoms with Crippen LogP contribution in [0.1, 0.15) is 118 Å². The molecule has 7 aliphatic carbocycles. The molecule has 1 heteroatoms. The summed E-state index contributed by atoms with van der Waals surface area (Å²) >= 11 is 0. The maximum atomic E-state index is 2.62. The van der Waals surface area contributed by atoms with E-state index in [9.17, 15) is 0 Å². The second-order valence-electron chi connectivity index (χ2n) is 21.5. The highest BCUT2D eigenvalue weighted by molar-refractivity contribution is 6.01. The van der Waals surface area contributed by atoms with Gasteiger partial charge in [0.2, 0.25) is 0 Å². The van der Waals surface area contributed by atoms with Crippen molar-refractivity contribution in [2.75, 3.05) is 4.90 Å². The molecule has 1 unspecified atom stereocenters. The van der Waals surface area contributed by atoms with Crippen LogP contribution in [0.5, 0.6) is 0 Å². The molecule has 0 aromatic heterocycles. The van der Waals surface area contributed by atoms with Crippen molar-refractivity contribution < 1.29 is 0 Å². The Labute approximate surface area is 362 Å². The Balaban J connectivity index is 1.05. The zero-order chi connectivity index (χ0) is 41.0. The Bertz CT molecular complexity index is 2940. The lowest BCUT2D eigenvalue weighted by molar-refractivity contribution is -0.00518. The zero-order valence-corrected chi connectivity index (χ0v) is 36.4. The highest BCUT2D eigenvalue weighted by Crippen LogP contribution is 2.66. The molecule has 0 aliphatic heterocycles. The van der Waals surface area contributed by atoms with Gasteiger partial charge in [0.15, 0.2) is 0 Å². The molecule has 300 valence electrons. The van der Waals surface area contributed by atoms with Crippen molar-refractivity contribution in [3.63, 3.8) is 0 Å². The van der Waals surface area contributed by atoms with E-state index in [2.05, 4.69) is 191 Å². The number of rotatable bonds is 4. The fraction of sp³-hybridized carbons (Fsp3) is 0.300. The van der Waals surface area contributed by atoms with Gasteiger partial charge in [-0.05, 0) is 170 Å². The molecule has 0 radical (unpaired) electrons. The van der Waals surface area contributed by atoms with Crippen LogP contribution in [0, 0.1) is 17.8 Å². The number of hydrogen-bond acceptors (Lipinski definition) is 1. The summed E-state index contributed by atoms with van der Waals surface area (Å²) in [6.45, 7) is 11.9. The molecule has 7 aliphatic rings. The van der Waals surface area contributed by atoms with Crippen LogP contribution in [-0.2, 0) is 21.7 Å². The highest BCUT2D eigenvalue weighted by atomic mass is 15.1. The molecule has 0 saturated heterocycles. The van der Waals surface area contributed by atoms with Gasteiger partial charge in [0, 0.05) is 22.4 Å². The standard InChI is InChI=1S/C60H55N/c1-57(2,3)41-23-27-47-45-14-7-10-17-50(45)60(54(47)32-41)51-18-11-8-15-48(51)56-52(60)19-12-20-55(56)61(43-26-28-46-44-13-6-9-16-49(44)58(4,5)53(46)33-43)42-24-21-40(22-25-42)59-34-37-29-38(35-59)31-39(30-37)36-59/h6-28,32-33,37-39H,29-31,34-36H2,1-5H3. The van der Waals surface area contributed by atoms with Gasteiger partial charge in [-0.3, -0.25) is 0 Å². The number of anilines is 3. The maximum Gasteiger partial charge on any atom is 0.0726 e. The topological polar surface area (TPSA) is 3.24 Å². The fourth-order valence-electron chi connectivity index (χ4n) is 14.5. The molecule has 4 fully saturated rings. The van der Waals surface area contributed by atoms with Crippen molar-refractivity contribution >= 4 is 17.1 Å². The van der Waals surface area contributed by atoms with E-state index in [0.29, 0.717) is 5.41 Å². The molecule has 0 heterocycles. The van der Waals surface area contributed by atoms with Gasteiger partial charge in [-0.2, -0.15) is 0 Å². The van der Waals surface area contributed by atoms with Crippen molar-refractivity contribution in [3.05, 3.63) is 196 Å². The lowest BCUT2D eigenvalue weighted by Gasteiger charge is -2.57. The van der Waals surface area contributed by atoms with Gasteiger partial charge in [-0.15, -0.1) is 0 Å². The minimum atomic E-state index is -0.426. The number of nitrogens with zero attached hydrogens (tertiary/aromatic N) is 1. The van der Waals surface area contributed by atoms with E-state index in [-0.39, 0.29) is 10.8 Å². The molecule has 14 rings (SSSR count). The van der Waals surface area contributed by atoms with Gasteiger partial charge in [0.1, 0.15) is 0 Å². The quantitative estimate of drug-likeness (QED) is 0.172. The molecule has 4 bridgehead atoms. The smallest absolute Gasteiger partial charge is 0.0726 e. The molecule has 61 heavy (non-hydrogen) atoms. The molecule has 1 spiro atoms. The molecule has 7 aromatic carbocycles. The first-order valence-electron chi connectivity index (χ1n) is 23.2. The van der Waals surface area contributed by atoms with Crippen molar-refractivity contribution in [1.29, 1.82) is 0 Å². The fourth-order valence-corrected chi connectivity index (χ4v) is 14.5. The SMILES string of the molecule is CC(C)(C)c1ccc2c(c1)C1(c3ccccc3-2)c2ccccc2-c2c(N(c3ccc(C45CC6CC(CC(C6)C4)C5)cc3)c3ccc4c(c3)C(C)(C)c3ccccc3-4)cccc21. The van der Waals surface area contributed by atoms with Gasteiger partial charge in [-0.1, -0.05) is 156 Å². The summed E-state index contributed by atoms with van der Waals surface area (Å²) in [5.41, 5.74) is 23.0. The number of benzene rings is 7. The van der Waals surface area contributed by atoms with Crippen molar-refractivity contribution in [1.82, 2.24) is 0 Å². The summed E-state index contributed by atoms with van der Waals surface area (Å²) < 4.78 is 0. The molecular weight excluding hydrogens is 735 g/mol. The first kappa shape index (κ1) is 36.0. The van der Waals surface area contributed by atoms with Gasteiger partial charge in [-0.25, -0.2) is 0 Å². The third-order valence-electron chi connectivity index (χ3n) is 16.8. The Kier molecular flexibility index (Phi) is 7.24. The first-order valence-corrected chi connectivity index (χ1v) is 23.2. The van der Waals surface area contributed by atoms with Crippen molar-refractivity contribution in [3.8, 4) is 33.4 Å². The second kappa shape index (κ2) is 12.3. The summed E-state index contributed by atoms with van der Waals surface area (Å²) in [6, 6.07) is 59.5. The molecular formula is C60H55N. The van der Waals surface area contributed by atoms with E-state index in [0.717, 1.165) is 17.8 Å².